The van der Waals surface area contributed by atoms with Crippen molar-refractivity contribution in [3.05, 3.63) is 97.1 Å². The fraction of sp³-hybridized carbons (Fsp3) is 0.240. The average molecular weight is 501 g/mol. The first-order valence-electron chi connectivity index (χ1n) is 10.5. The minimum absolute atomic E-state index is 0.134. The van der Waals surface area contributed by atoms with Crippen molar-refractivity contribution in [2.45, 2.75) is 45.2 Å². The first-order chi connectivity index (χ1) is 15.6. The van der Waals surface area contributed by atoms with Gasteiger partial charge >= 0.3 is 4.87 Å². The maximum atomic E-state index is 13.1. The van der Waals surface area contributed by atoms with Gasteiger partial charge in [0.15, 0.2) is 0 Å². The van der Waals surface area contributed by atoms with Crippen molar-refractivity contribution in [3.63, 3.8) is 0 Å². The van der Waals surface area contributed by atoms with Crippen molar-refractivity contribution in [1.29, 1.82) is 0 Å². The van der Waals surface area contributed by atoms with E-state index in [-0.39, 0.29) is 9.77 Å². The Morgan fingerprint density at radius 3 is 2.42 bits per heavy atom. The summed E-state index contributed by atoms with van der Waals surface area (Å²) in [6, 6.07) is 15.9. The van der Waals surface area contributed by atoms with Crippen LogP contribution >= 0.6 is 22.9 Å². The van der Waals surface area contributed by atoms with Crippen molar-refractivity contribution in [2.75, 3.05) is 0 Å². The summed E-state index contributed by atoms with van der Waals surface area (Å²) in [5.74, 6) is 0. The molecule has 0 aliphatic heterocycles. The number of halogens is 1. The standard InChI is InChI=1S/C25H25ClN2O3S2/c1-15-11-17(3)21(12-16(15)2)18(4)27-33(30,31)20-9-10-23-24(13-20)32-25(29)28(23)14-19-7-5-6-8-22(19)26/h5-13,18,27H,14H2,1-4H3. The fourth-order valence-electron chi connectivity index (χ4n) is 3.97. The fourth-order valence-corrected chi connectivity index (χ4v) is 6.42. The Hall–Kier alpha value is -2.45. The zero-order chi connectivity index (χ0) is 23.9. The molecule has 0 radical (unpaired) electrons. The Morgan fingerprint density at radius 2 is 1.70 bits per heavy atom. The second-order valence-electron chi connectivity index (χ2n) is 8.31. The number of aromatic nitrogens is 1. The van der Waals surface area contributed by atoms with Crippen LogP contribution in [0.5, 0.6) is 0 Å². The molecular weight excluding hydrogens is 476 g/mol. The number of thiazole rings is 1. The van der Waals surface area contributed by atoms with Crippen LogP contribution in [0.15, 0.2) is 64.3 Å². The number of hydrogen-bond donors (Lipinski definition) is 1. The molecule has 4 aromatic rings. The highest BCUT2D eigenvalue weighted by atomic mass is 35.5. The lowest BCUT2D eigenvalue weighted by atomic mass is 9.97. The highest BCUT2D eigenvalue weighted by Gasteiger charge is 2.21. The number of nitrogens with one attached hydrogen (secondary N) is 1. The van der Waals surface area contributed by atoms with E-state index in [9.17, 15) is 13.2 Å². The highest BCUT2D eigenvalue weighted by molar-refractivity contribution is 7.89. The maximum Gasteiger partial charge on any atom is 0.308 e. The second kappa shape index (κ2) is 9.06. The first-order valence-corrected chi connectivity index (χ1v) is 13.2. The molecule has 0 amide bonds. The minimum atomic E-state index is -3.78. The van der Waals surface area contributed by atoms with E-state index in [1.165, 1.54) is 5.56 Å². The summed E-state index contributed by atoms with van der Waals surface area (Å²) in [6.45, 7) is 8.21. The molecule has 1 aromatic heterocycles. The van der Waals surface area contributed by atoms with Gasteiger partial charge in [-0.2, -0.15) is 0 Å². The van der Waals surface area contributed by atoms with Crippen LogP contribution in [0, 0.1) is 20.8 Å². The van der Waals surface area contributed by atoms with E-state index >= 15 is 0 Å². The molecule has 0 aliphatic rings. The number of benzene rings is 3. The monoisotopic (exact) mass is 500 g/mol. The molecule has 0 fully saturated rings. The molecule has 1 heterocycles. The van der Waals surface area contributed by atoms with Crippen molar-refractivity contribution < 1.29 is 8.42 Å². The van der Waals surface area contributed by atoms with Gasteiger partial charge in [0.25, 0.3) is 0 Å². The van der Waals surface area contributed by atoms with Gasteiger partial charge in [0, 0.05) is 11.1 Å². The molecule has 0 spiro atoms. The molecule has 1 unspecified atom stereocenters. The Labute approximate surface area is 202 Å². The second-order valence-corrected chi connectivity index (χ2v) is 11.4. The summed E-state index contributed by atoms with van der Waals surface area (Å²) in [4.78, 5) is 12.6. The zero-order valence-electron chi connectivity index (χ0n) is 18.8. The van der Waals surface area contributed by atoms with E-state index in [0.29, 0.717) is 21.8 Å². The summed E-state index contributed by atoms with van der Waals surface area (Å²) in [5, 5.41) is 0.586. The molecule has 172 valence electrons. The van der Waals surface area contributed by atoms with Crippen LogP contribution in [-0.2, 0) is 16.6 Å². The van der Waals surface area contributed by atoms with Crippen LogP contribution in [0.1, 0.15) is 40.8 Å². The first kappa shape index (κ1) is 23.7. The Bertz CT molecular complexity index is 1520. The van der Waals surface area contributed by atoms with Crippen LogP contribution in [0.3, 0.4) is 0 Å². The Morgan fingerprint density at radius 1 is 1.00 bits per heavy atom. The Balaban J connectivity index is 1.65. The molecule has 0 saturated heterocycles. The predicted octanol–water partition coefficient (Wildman–Crippen LogP) is 5.73. The van der Waals surface area contributed by atoms with Crippen LogP contribution < -0.4 is 9.60 Å². The van der Waals surface area contributed by atoms with Crippen LogP contribution in [0.2, 0.25) is 5.02 Å². The van der Waals surface area contributed by atoms with Gasteiger partial charge in [0.2, 0.25) is 10.0 Å². The number of hydrogen-bond acceptors (Lipinski definition) is 4. The molecule has 0 aliphatic carbocycles. The number of aryl methyl sites for hydroxylation is 3. The van der Waals surface area contributed by atoms with Gasteiger partial charge in [0.1, 0.15) is 0 Å². The summed E-state index contributed by atoms with van der Waals surface area (Å²) in [7, 11) is -3.78. The third-order valence-corrected chi connectivity index (χ3v) is 8.77. The molecule has 0 bridgehead atoms. The average Bonchev–Trinajstić information content (AvgIpc) is 3.06. The van der Waals surface area contributed by atoms with Crippen molar-refractivity contribution >= 4 is 43.2 Å². The molecule has 4 rings (SSSR count). The van der Waals surface area contributed by atoms with E-state index in [0.717, 1.165) is 33.6 Å². The lowest BCUT2D eigenvalue weighted by Crippen LogP contribution is -2.27. The molecule has 1 N–H and O–H groups in total. The van der Waals surface area contributed by atoms with E-state index in [1.54, 1.807) is 28.8 Å². The maximum absolute atomic E-state index is 13.1. The van der Waals surface area contributed by atoms with Gasteiger partial charge in [-0.05, 0) is 79.8 Å². The number of fused-ring (bicyclic) bond motifs is 1. The van der Waals surface area contributed by atoms with Gasteiger partial charge in [0.05, 0.1) is 21.7 Å². The van der Waals surface area contributed by atoms with Gasteiger partial charge in [-0.1, -0.05) is 53.3 Å². The summed E-state index contributed by atoms with van der Waals surface area (Å²) in [5.41, 5.74) is 5.79. The lowest BCUT2D eigenvalue weighted by molar-refractivity contribution is 0.566. The third-order valence-electron chi connectivity index (χ3n) is 5.92. The lowest BCUT2D eigenvalue weighted by Gasteiger charge is -2.18. The number of nitrogens with zero attached hydrogens (tertiary/aromatic N) is 1. The van der Waals surface area contributed by atoms with Crippen LogP contribution in [0.4, 0.5) is 0 Å². The smallest absolute Gasteiger partial charge is 0.294 e. The highest BCUT2D eigenvalue weighted by Crippen LogP contribution is 2.27. The van der Waals surface area contributed by atoms with E-state index in [4.69, 9.17) is 11.6 Å². The SMILES string of the molecule is Cc1cc(C)c(C(C)NS(=O)(=O)c2ccc3c(c2)sc(=O)n3Cc2ccccc2Cl)cc1C. The normalized spacial score (nSPS) is 12.9. The molecule has 5 nitrogen and oxygen atoms in total. The quantitative estimate of drug-likeness (QED) is 0.367. The molecular formula is C25H25ClN2O3S2. The van der Waals surface area contributed by atoms with Crippen molar-refractivity contribution in [1.82, 2.24) is 9.29 Å². The summed E-state index contributed by atoms with van der Waals surface area (Å²) < 4.78 is 31.3. The van der Waals surface area contributed by atoms with E-state index < -0.39 is 16.1 Å². The summed E-state index contributed by atoms with van der Waals surface area (Å²) >= 11 is 7.29. The van der Waals surface area contributed by atoms with Crippen molar-refractivity contribution in [2.24, 2.45) is 0 Å². The van der Waals surface area contributed by atoms with Crippen molar-refractivity contribution in [3.8, 4) is 0 Å². The molecule has 8 heteroatoms. The van der Waals surface area contributed by atoms with Crippen LogP contribution in [-0.4, -0.2) is 13.0 Å². The van der Waals surface area contributed by atoms with E-state index in [2.05, 4.69) is 10.8 Å². The zero-order valence-corrected chi connectivity index (χ0v) is 21.2. The molecule has 3 aromatic carbocycles. The Kier molecular flexibility index (Phi) is 6.51. The largest absolute Gasteiger partial charge is 0.308 e. The van der Waals surface area contributed by atoms with Gasteiger partial charge in [-0.3, -0.25) is 9.36 Å². The number of rotatable bonds is 6. The molecule has 33 heavy (non-hydrogen) atoms. The van der Waals surface area contributed by atoms with E-state index in [1.807, 2.05) is 52.0 Å². The minimum Gasteiger partial charge on any atom is -0.294 e. The third kappa shape index (κ3) is 4.77. The summed E-state index contributed by atoms with van der Waals surface area (Å²) in [6.07, 6.45) is 0. The topological polar surface area (TPSA) is 68.2 Å². The van der Waals surface area contributed by atoms with Gasteiger partial charge in [-0.15, -0.1) is 0 Å². The predicted molar refractivity (Wildman–Crippen MR) is 136 cm³/mol. The molecule has 0 saturated carbocycles. The van der Waals surface area contributed by atoms with Gasteiger partial charge in [-0.25, -0.2) is 13.1 Å². The molecule has 1 atom stereocenters. The number of sulfonamides is 1. The van der Waals surface area contributed by atoms with Crippen LogP contribution in [0.25, 0.3) is 10.2 Å². The van der Waals surface area contributed by atoms with Gasteiger partial charge < -0.3 is 0 Å².